The molecule has 84 valence electrons. The molecule has 0 unspecified atom stereocenters. The molecule has 0 aromatic carbocycles. The van der Waals surface area contributed by atoms with Gasteiger partial charge in [0.25, 0.3) is 0 Å². The summed E-state index contributed by atoms with van der Waals surface area (Å²) in [5.74, 6) is -3.78. The van der Waals surface area contributed by atoms with Crippen molar-refractivity contribution >= 4 is 11.9 Å². The number of amides is 1. The predicted octanol–water partition coefficient (Wildman–Crippen LogP) is 1.17. The number of aliphatic carboxylic acids is 1. The number of carbonyl (C=O) groups is 2. The Morgan fingerprint density at radius 3 is 1.86 bits per heavy atom. The van der Waals surface area contributed by atoms with Gasteiger partial charge in [-0.3, -0.25) is 9.59 Å². The standard InChI is InChI=1S/C4H4F3NO3.C3H8/c5-4(6,7)3(11)8-1-2(9)10;1-3-2/h1H2,(H,8,11)(H,9,10);3H2,1-2H3. The molecule has 0 atom stereocenters. The van der Waals surface area contributed by atoms with Crippen LogP contribution >= 0.6 is 0 Å². The maximum atomic E-state index is 11.3. The number of carboxylic acid groups (broad SMARTS) is 1. The Bertz CT molecular complexity index is 191. The molecule has 0 heterocycles. The van der Waals surface area contributed by atoms with E-state index in [1.165, 1.54) is 6.42 Å². The number of halogens is 3. The second-order valence-electron chi connectivity index (χ2n) is 2.28. The molecule has 0 aliphatic heterocycles. The van der Waals surface area contributed by atoms with Gasteiger partial charge in [0.2, 0.25) is 0 Å². The summed E-state index contributed by atoms with van der Waals surface area (Å²) in [5.41, 5.74) is 0. The van der Waals surface area contributed by atoms with Crippen LogP contribution in [0.25, 0.3) is 0 Å². The van der Waals surface area contributed by atoms with E-state index in [-0.39, 0.29) is 0 Å². The van der Waals surface area contributed by atoms with Crippen LogP contribution in [0.3, 0.4) is 0 Å². The Balaban J connectivity index is 0. The largest absolute Gasteiger partial charge is 0.480 e. The van der Waals surface area contributed by atoms with Crippen molar-refractivity contribution in [2.75, 3.05) is 6.54 Å². The summed E-state index contributed by atoms with van der Waals surface area (Å²) >= 11 is 0. The molecule has 0 aliphatic carbocycles. The lowest BCUT2D eigenvalue weighted by molar-refractivity contribution is -0.174. The van der Waals surface area contributed by atoms with Gasteiger partial charge in [0.05, 0.1) is 0 Å². The van der Waals surface area contributed by atoms with Gasteiger partial charge in [0.1, 0.15) is 6.54 Å². The number of hydrogen-bond donors (Lipinski definition) is 2. The first kappa shape index (κ1) is 15.2. The van der Waals surface area contributed by atoms with E-state index in [4.69, 9.17) is 5.11 Å². The van der Waals surface area contributed by atoms with Crippen LogP contribution in [0.2, 0.25) is 0 Å². The van der Waals surface area contributed by atoms with Crippen LogP contribution in [0.1, 0.15) is 20.3 Å². The van der Waals surface area contributed by atoms with E-state index in [1.807, 2.05) is 0 Å². The smallest absolute Gasteiger partial charge is 0.471 e. The van der Waals surface area contributed by atoms with Crippen LogP contribution in [0.5, 0.6) is 0 Å². The lowest BCUT2D eigenvalue weighted by atomic mass is 10.5. The number of carbonyl (C=O) groups excluding carboxylic acids is 1. The molecule has 14 heavy (non-hydrogen) atoms. The average Bonchev–Trinajstić information content (AvgIpc) is 1.99. The van der Waals surface area contributed by atoms with Gasteiger partial charge < -0.3 is 10.4 Å². The minimum absolute atomic E-state index is 1.03. The Hall–Kier alpha value is -1.27. The monoisotopic (exact) mass is 215 g/mol. The minimum atomic E-state index is -5.02. The molecule has 0 rings (SSSR count). The summed E-state index contributed by atoms with van der Waals surface area (Å²) in [6, 6.07) is 0. The third-order valence-corrected chi connectivity index (χ3v) is 0.658. The lowest BCUT2D eigenvalue weighted by Gasteiger charge is -2.04. The summed E-state index contributed by atoms with van der Waals surface area (Å²) in [4.78, 5) is 19.5. The van der Waals surface area contributed by atoms with Crippen LogP contribution < -0.4 is 5.32 Å². The van der Waals surface area contributed by atoms with Gasteiger partial charge in [-0.15, -0.1) is 0 Å². The van der Waals surface area contributed by atoms with E-state index >= 15 is 0 Å². The molecule has 4 nitrogen and oxygen atoms in total. The lowest BCUT2D eigenvalue weighted by Crippen LogP contribution is -2.39. The van der Waals surface area contributed by atoms with Gasteiger partial charge in [-0.1, -0.05) is 20.3 Å². The summed E-state index contributed by atoms with van der Waals surface area (Å²) in [6.07, 6.45) is -3.77. The van der Waals surface area contributed by atoms with Gasteiger partial charge >= 0.3 is 18.1 Å². The predicted molar refractivity (Wildman–Crippen MR) is 42.7 cm³/mol. The van der Waals surface area contributed by atoms with Crippen LogP contribution in [0.4, 0.5) is 13.2 Å². The van der Waals surface area contributed by atoms with E-state index in [0.717, 1.165) is 5.32 Å². The van der Waals surface area contributed by atoms with E-state index in [0.29, 0.717) is 0 Å². The zero-order valence-electron chi connectivity index (χ0n) is 7.81. The molecule has 0 saturated heterocycles. The fourth-order valence-electron chi connectivity index (χ4n) is 0.256. The molecule has 2 N–H and O–H groups in total. The van der Waals surface area contributed by atoms with E-state index in [2.05, 4.69) is 13.8 Å². The number of alkyl halides is 3. The third-order valence-electron chi connectivity index (χ3n) is 0.658. The summed E-state index contributed by atoms with van der Waals surface area (Å²) in [7, 11) is 0. The van der Waals surface area contributed by atoms with Crippen molar-refractivity contribution in [3.63, 3.8) is 0 Å². The summed E-state index contributed by atoms with van der Waals surface area (Å²) < 4.78 is 33.9. The second-order valence-corrected chi connectivity index (χ2v) is 2.28. The average molecular weight is 215 g/mol. The van der Waals surface area contributed by atoms with E-state index in [1.54, 1.807) is 0 Å². The topological polar surface area (TPSA) is 66.4 Å². The number of hydrogen-bond acceptors (Lipinski definition) is 2. The van der Waals surface area contributed by atoms with Crippen LogP contribution in [0.15, 0.2) is 0 Å². The van der Waals surface area contributed by atoms with E-state index in [9.17, 15) is 22.8 Å². The maximum Gasteiger partial charge on any atom is 0.471 e. The highest BCUT2D eigenvalue weighted by atomic mass is 19.4. The molecule has 1 amide bonds. The van der Waals surface area contributed by atoms with Gasteiger partial charge in [-0.2, -0.15) is 13.2 Å². The quantitative estimate of drug-likeness (QED) is 0.726. The minimum Gasteiger partial charge on any atom is -0.480 e. The van der Waals surface area contributed by atoms with Crippen molar-refractivity contribution in [3.8, 4) is 0 Å². The highest BCUT2D eigenvalue weighted by Gasteiger charge is 2.38. The van der Waals surface area contributed by atoms with E-state index < -0.39 is 24.6 Å². The number of rotatable bonds is 2. The molecule has 0 aromatic heterocycles. The van der Waals surface area contributed by atoms with Crippen molar-refractivity contribution < 1.29 is 27.9 Å². The first-order chi connectivity index (χ1) is 6.25. The van der Waals surface area contributed by atoms with Crippen LogP contribution in [-0.4, -0.2) is 29.7 Å². The summed E-state index contributed by atoms with van der Waals surface area (Å²) in [6.45, 7) is 3.22. The van der Waals surface area contributed by atoms with Gasteiger partial charge in [-0.05, 0) is 0 Å². The normalized spacial score (nSPS) is 9.79. The van der Waals surface area contributed by atoms with Crippen molar-refractivity contribution in [2.24, 2.45) is 0 Å². The zero-order chi connectivity index (χ0) is 11.8. The van der Waals surface area contributed by atoms with Crippen molar-refractivity contribution in [1.29, 1.82) is 0 Å². The second kappa shape index (κ2) is 7.16. The molecule has 0 fully saturated rings. The summed E-state index contributed by atoms with van der Waals surface area (Å²) in [5, 5.41) is 9.00. The molecule has 0 bridgehead atoms. The van der Waals surface area contributed by atoms with Crippen LogP contribution in [-0.2, 0) is 9.59 Å². The molecule has 0 radical (unpaired) electrons. The van der Waals surface area contributed by atoms with Crippen LogP contribution in [0, 0.1) is 0 Å². The fraction of sp³-hybridized carbons (Fsp3) is 0.714. The molecular weight excluding hydrogens is 203 g/mol. The van der Waals surface area contributed by atoms with Crippen molar-refractivity contribution in [1.82, 2.24) is 5.32 Å². The molecule has 0 spiro atoms. The Labute approximate surface area is 79.1 Å². The highest BCUT2D eigenvalue weighted by Crippen LogP contribution is 2.13. The Kier molecular flexibility index (Phi) is 7.78. The first-order valence-corrected chi connectivity index (χ1v) is 3.82. The Morgan fingerprint density at radius 1 is 1.29 bits per heavy atom. The van der Waals surface area contributed by atoms with Gasteiger partial charge in [0.15, 0.2) is 0 Å². The Morgan fingerprint density at radius 2 is 1.64 bits per heavy atom. The molecular formula is C7H12F3NO3. The highest BCUT2D eigenvalue weighted by molar-refractivity contribution is 5.85. The molecule has 0 saturated carbocycles. The first-order valence-electron chi connectivity index (χ1n) is 3.82. The maximum absolute atomic E-state index is 11.3. The SMILES string of the molecule is CCC.O=C(O)CNC(=O)C(F)(F)F. The molecule has 0 aromatic rings. The van der Waals surface area contributed by atoms with Crippen molar-refractivity contribution in [3.05, 3.63) is 0 Å². The molecule has 0 aliphatic rings. The number of carboxylic acids is 1. The third kappa shape index (κ3) is 10.7. The van der Waals surface area contributed by atoms with Crippen molar-refractivity contribution in [2.45, 2.75) is 26.4 Å². The fourth-order valence-corrected chi connectivity index (χ4v) is 0.256. The zero-order valence-corrected chi connectivity index (χ0v) is 7.81. The van der Waals surface area contributed by atoms with Gasteiger partial charge in [-0.25, -0.2) is 0 Å². The van der Waals surface area contributed by atoms with Gasteiger partial charge in [0, 0.05) is 0 Å². The number of nitrogens with one attached hydrogen (secondary N) is 1. The molecule has 7 heteroatoms.